The fourth-order valence-corrected chi connectivity index (χ4v) is 6.23. The summed E-state index contributed by atoms with van der Waals surface area (Å²) in [4.78, 5) is 52.7. The predicted octanol–water partition coefficient (Wildman–Crippen LogP) is -3.64. The standard InChI is InChI=1S/C22H30N6O4S.C6H8O7/c1-5-7-17-19-20(27(4)25-17)22(29)24-21(23-19)16-14-15(8-9-18(16)32-6-2)33(30,31)28-12-10-26(3)11-13-28;7-3(8)1-6(13,5(11)12)2-4(9)10/h8-9,14H,5-7,10-13H2,1-4H3,(H,23,24,29);13H,1-2H2,(H,7,8)(H,9,10)(H,11,12)/p-3. The van der Waals surface area contributed by atoms with Crippen LogP contribution < -0.4 is 25.6 Å². The number of aromatic nitrogens is 4. The Labute approximate surface area is 264 Å². The number of ether oxygens (including phenoxy) is 1. The molecule has 0 spiro atoms. The number of carbonyl (C=O) groups excluding carboxylic acids is 3. The Morgan fingerprint density at radius 2 is 1.65 bits per heavy atom. The number of rotatable bonds is 12. The van der Waals surface area contributed by atoms with Gasteiger partial charge in [0.2, 0.25) is 10.0 Å². The van der Waals surface area contributed by atoms with Gasteiger partial charge in [-0.05, 0) is 38.6 Å². The largest absolute Gasteiger partial charge is 0.550 e. The molecule has 1 saturated heterocycles. The Bertz CT molecular complexity index is 1750. The van der Waals surface area contributed by atoms with Crippen LogP contribution in [0.25, 0.3) is 22.4 Å². The third-order valence-corrected chi connectivity index (χ3v) is 9.00. The Balaban J connectivity index is 0.000000376. The molecular weight excluding hydrogens is 628 g/mol. The summed E-state index contributed by atoms with van der Waals surface area (Å²) in [6, 6.07) is 4.71. The molecule has 4 rings (SSSR count). The zero-order valence-electron chi connectivity index (χ0n) is 25.8. The molecule has 1 aliphatic rings. The van der Waals surface area contributed by atoms with E-state index in [0.29, 0.717) is 61.6 Å². The summed E-state index contributed by atoms with van der Waals surface area (Å²) in [7, 11) is -0.00831. The first-order valence-corrected chi connectivity index (χ1v) is 15.7. The van der Waals surface area contributed by atoms with E-state index in [1.54, 1.807) is 25.2 Å². The van der Waals surface area contributed by atoms with Crippen molar-refractivity contribution in [3.8, 4) is 17.1 Å². The fourth-order valence-electron chi connectivity index (χ4n) is 4.78. The summed E-state index contributed by atoms with van der Waals surface area (Å²) in [6.07, 6.45) is -1.17. The number of hydrogen-bond donors (Lipinski definition) is 2. The van der Waals surface area contributed by atoms with E-state index in [1.165, 1.54) is 8.99 Å². The molecule has 17 nitrogen and oxygen atoms in total. The Morgan fingerprint density at radius 1 is 1.04 bits per heavy atom. The molecule has 1 fully saturated rings. The highest BCUT2D eigenvalue weighted by atomic mass is 32.2. The summed E-state index contributed by atoms with van der Waals surface area (Å²) in [6.45, 7) is 6.48. The summed E-state index contributed by atoms with van der Waals surface area (Å²) < 4.78 is 35.4. The number of hydrogen-bond acceptors (Lipinski definition) is 14. The van der Waals surface area contributed by atoms with Crippen LogP contribution in [0, 0.1) is 0 Å². The SMILES string of the molecule is CCCc1nn(C)c2c(=O)[nH]c(-c3cc(S(=O)(=O)N4CCN(C)CC4)ccc3OCC)nc12.O=C([O-])CC(O)(CC(=O)[O-])C(=O)[O-]. The number of carbonyl (C=O) groups is 3. The molecule has 3 aromatic rings. The summed E-state index contributed by atoms with van der Waals surface area (Å²) in [5.41, 5.74) is -1.23. The average Bonchev–Trinajstić information content (AvgIpc) is 3.28. The molecule has 2 N–H and O–H groups in total. The molecule has 0 amide bonds. The van der Waals surface area contributed by atoms with Gasteiger partial charge in [0.15, 0.2) is 5.52 Å². The van der Waals surface area contributed by atoms with Crippen molar-refractivity contribution in [2.45, 2.75) is 50.0 Å². The first-order valence-electron chi connectivity index (χ1n) is 14.3. The number of aryl methyl sites for hydroxylation is 2. The van der Waals surface area contributed by atoms with E-state index in [9.17, 15) is 42.9 Å². The van der Waals surface area contributed by atoms with Crippen molar-refractivity contribution >= 4 is 39.0 Å². The normalized spacial score (nSPS) is 14.5. The number of nitrogens with one attached hydrogen (secondary N) is 1. The van der Waals surface area contributed by atoms with Crippen LogP contribution in [0.3, 0.4) is 0 Å². The monoisotopic (exact) mass is 663 g/mol. The van der Waals surface area contributed by atoms with Gasteiger partial charge in [-0.15, -0.1) is 0 Å². The number of carboxylic acid groups (broad SMARTS) is 3. The van der Waals surface area contributed by atoms with Gasteiger partial charge in [0.1, 0.15) is 22.7 Å². The maximum atomic E-state index is 13.3. The molecule has 2 aromatic heterocycles. The third-order valence-electron chi connectivity index (χ3n) is 7.11. The zero-order chi connectivity index (χ0) is 34.4. The van der Waals surface area contributed by atoms with Crippen LogP contribution in [0.1, 0.15) is 38.8 Å². The number of aliphatic carboxylic acids is 3. The lowest BCUT2D eigenvalue weighted by Crippen LogP contribution is -2.54. The molecule has 18 heteroatoms. The van der Waals surface area contributed by atoms with Crippen molar-refractivity contribution < 1.29 is 48.0 Å². The number of likely N-dealkylation sites (N-methyl/N-ethyl adjacent to an activating group) is 1. The molecule has 1 aliphatic heterocycles. The molecule has 1 aromatic carbocycles. The van der Waals surface area contributed by atoms with Crippen molar-refractivity contribution in [3.63, 3.8) is 0 Å². The van der Waals surface area contributed by atoms with Crippen molar-refractivity contribution in [1.82, 2.24) is 29.0 Å². The van der Waals surface area contributed by atoms with Gasteiger partial charge in [-0.1, -0.05) is 13.3 Å². The highest BCUT2D eigenvalue weighted by molar-refractivity contribution is 7.89. The van der Waals surface area contributed by atoms with Crippen molar-refractivity contribution in [1.29, 1.82) is 0 Å². The number of benzene rings is 1. The Hall–Kier alpha value is -4.39. The molecule has 0 aliphatic carbocycles. The minimum atomic E-state index is -3.70. The number of piperazine rings is 1. The Kier molecular flexibility index (Phi) is 11.6. The van der Waals surface area contributed by atoms with E-state index < -0.39 is 46.4 Å². The van der Waals surface area contributed by atoms with Gasteiger partial charge >= 0.3 is 0 Å². The topological polar surface area (TPSA) is 254 Å². The van der Waals surface area contributed by atoms with Gasteiger partial charge in [0, 0.05) is 58.0 Å². The maximum absolute atomic E-state index is 13.3. The molecule has 0 radical (unpaired) electrons. The van der Waals surface area contributed by atoms with E-state index >= 15 is 0 Å². The molecule has 3 heterocycles. The minimum Gasteiger partial charge on any atom is -0.550 e. The number of fused-ring (bicyclic) bond motifs is 1. The highest BCUT2D eigenvalue weighted by Gasteiger charge is 2.30. The maximum Gasteiger partial charge on any atom is 0.277 e. The van der Waals surface area contributed by atoms with E-state index in [1.807, 2.05) is 20.9 Å². The second kappa shape index (κ2) is 14.8. The van der Waals surface area contributed by atoms with Gasteiger partial charge in [0.05, 0.1) is 28.7 Å². The van der Waals surface area contributed by atoms with E-state index in [2.05, 4.69) is 15.0 Å². The van der Waals surface area contributed by atoms with E-state index in [4.69, 9.17) is 14.8 Å². The van der Waals surface area contributed by atoms with Crippen LogP contribution in [-0.4, -0.2) is 106 Å². The second-order valence-corrected chi connectivity index (χ2v) is 12.6. The fraction of sp³-hybridized carbons (Fsp3) is 0.500. The highest BCUT2D eigenvalue weighted by Crippen LogP contribution is 2.32. The smallest absolute Gasteiger partial charge is 0.277 e. The molecular formula is C28H35N6O11S-3. The molecule has 0 unspecified atom stereocenters. The molecule has 0 saturated carbocycles. The van der Waals surface area contributed by atoms with Crippen molar-refractivity contribution in [3.05, 3.63) is 34.2 Å². The van der Waals surface area contributed by atoms with Gasteiger partial charge in [-0.2, -0.15) is 9.40 Å². The Morgan fingerprint density at radius 3 is 2.17 bits per heavy atom. The van der Waals surface area contributed by atoms with Crippen LogP contribution in [-0.2, 0) is 37.9 Å². The van der Waals surface area contributed by atoms with E-state index in [0.717, 1.165) is 12.1 Å². The second-order valence-electron chi connectivity index (χ2n) is 10.6. The number of aliphatic hydroxyl groups is 1. The van der Waals surface area contributed by atoms with Crippen molar-refractivity contribution in [2.75, 3.05) is 39.8 Å². The van der Waals surface area contributed by atoms with Crippen LogP contribution in [0.4, 0.5) is 0 Å². The average molecular weight is 664 g/mol. The first kappa shape index (κ1) is 36.1. The lowest BCUT2D eigenvalue weighted by atomic mass is 9.96. The molecule has 252 valence electrons. The number of H-pyrrole nitrogens is 1. The summed E-state index contributed by atoms with van der Waals surface area (Å²) >= 11 is 0. The van der Waals surface area contributed by atoms with Crippen LogP contribution in [0.2, 0.25) is 0 Å². The summed E-state index contributed by atoms with van der Waals surface area (Å²) in [5.74, 6) is -5.27. The van der Waals surface area contributed by atoms with Crippen molar-refractivity contribution in [2.24, 2.45) is 7.05 Å². The first-order chi connectivity index (χ1) is 21.5. The van der Waals surface area contributed by atoms with Gasteiger partial charge in [-0.3, -0.25) is 9.48 Å². The van der Waals surface area contributed by atoms with Gasteiger partial charge in [0.25, 0.3) is 5.56 Å². The van der Waals surface area contributed by atoms with Crippen LogP contribution in [0.15, 0.2) is 27.9 Å². The van der Waals surface area contributed by atoms with Crippen LogP contribution >= 0.6 is 0 Å². The van der Waals surface area contributed by atoms with Crippen LogP contribution in [0.5, 0.6) is 5.75 Å². The summed E-state index contributed by atoms with van der Waals surface area (Å²) in [5, 5.41) is 43.4. The third kappa shape index (κ3) is 8.25. The quantitative estimate of drug-likeness (QED) is 0.190. The molecule has 0 bridgehead atoms. The molecule has 0 atom stereocenters. The minimum absolute atomic E-state index is 0.147. The van der Waals surface area contributed by atoms with Gasteiger partial charge in [-0.25, -0.2) is 13.4 Å². The number of carboxylic acids is 3. The zero-order valence-corrected chi connectivity index (χ0v) is 26.6. The number of sulfonamides is 1. The number of aromatic amines is 1. The van der Waals surface area contributed by atoms with E-state index in [-0.39, 0.29) is 16.3 Å². The lowest BCUT2D eigenvalue weighted by molar-refractivity contribution is -0.339. The van der Waals surface area contributed by atoms with Gasteiger partial charge < -0.3 is 49.4 Å². The lowest BCUT2D eigenvalue weighted by Gasteiger charge is -2.31. The number of nitrogens with zero attached hydrogens (tertiary/aromatic N) is 5. The molecule has 46 heavy (non-hydrogen) atoms. The predicted molar refractivity (Wildman–Crippen MR) is 155 cm³/mol.